The minimum Gasteiger partial charge on any atom is -0.483 e. The summed E-state index contributed by atoms with van der Waals surface area (Å²) in [7, 11) is 0. The SMILES string of the molecule is CC=C(C)C(OC(C)=O)C(C)C1=CC(=O)C2=C(O[C@]3(C)CC[C@H]4O[C@@H](C(C)(C)O)C[C@H](O)[C@]4(C)[C@H]3C2)C1=O. The average molecular weight is 531 g/mol. The summed E-state index contributed by atoms with van der Waals surface area (Å²) in [4.78, 5) is 39.0. The maximum atomic E-state index is 13.8. The van der Waals surface area contributed by atoms with Crippen LogP contribution in [0.4, 0.5) is 0 Å². The molecule has 0 bridgehead atoms. The molecule has 0 spiro atoms. The van der Waals surface area contributed by atoms with Crippen molar-refractivity contribution in [3.05, 3.63) is 34.6 Å². The van der Waals surface area contributed by atoms with Crippen LogP contribution < -0.4 is 0 Å². The molecule has 0 aromatic heterocycles. The van der Waals surface area contributed by atoms with E-state index in [2.05, 4.69) is 0 Å². The van der Waals surface area contributed by atoms with Crippen LogP contribution >= 0.6 is 0 Å². The van der Waals surface area contributed by atoms with Gasteiger partial charge in [-0.3, -0.25) is 14.4 Å². The number of esters is 1. The van der Waals surface area contributed by atoms with Crippen LogP contribution in [0.15, 0.2) is 34.6 Å². The Balaban J connectivity index is 1.66. The summed E-state index contributed by atoms with van der Waals surface area (Å²) < 4.78 is 18.4. The Morgan fingerprint density at radius 2 is 1.92 bits per heavy atom. The second kappa shape index (κ2) is 9.72. The van der Waals surface area contributed by atoms with Crippen molar-refractivity contribution in [1.82, 2.24) is 0 Å². The summed E-state index contributed by atoms with van der Waals surface area (Å²) in [6.45, 7) is 14.0. The predicted octanol–water partition coefficient (Wildman–Crippen LogP) is 3.74. The summed E-state index contributed by atoms with van der Waals surface area (Å²) in [5, 5.41) is 22.0. The predicted molar refractivity (Wildman–Crippen MR) is 140 cm³/mol. The van der Waals surface area contributed by atoms with Crippen molar-refractivity contribution in [2.24, 2.45) is 17.3 Å². The van der Waals surface area contributed by atoms with Crippen molar-refractivity contribution in [2.75, 3.05) is 0 Å². The highest BCUT2D eigenvalue weighted by Crippen LogP contribution is 2.59. The zero-order valence-corrected chi connectivity index (χ0v) is 23.8. The highest BCUT2D eigenvalue weighted by Gasteiger charge is 2.64. The highest BCUT2D eigenvalue weighted by atomic mass is 16.5. The van der Waals surface area contributed by atoms with Gasteiger partial charge in [-0.15, -0.1) is 0 Å². The molecule has 8 heteroatoms. The molecule has 2 heterocycles. The Bertz CT molecular complexity index is 1120. The van der Waals surface area contributed by atoms with E-state index in [1.807, 2.05) is 33.8 Å². The van der Waals surface area contributed by atoms with Gasteiger partial charge in [-0.25, -0.2) is 0 Å². The lowest BCUT2D eigenvalue weighted by Crippen LogP contribution is -2.67. The number of Topliss-reactive ketones (excluding diaryl/α,β-unsaturated/α-hetero) is 1. The molecule has 0 radical (unpaired) electrons. The fourth-order valence-corrected chi connectivity index (χ4v) is 7.02. The van der Waals surface area contributed by atoms with E-state index in [1.54, 1.807) is 20.8 Å². The smallest absolute Gasteiger partial charge is 0.303 e. The normalized spacial score (nSPS) is 37.3. The zero-order chi connectivity index (χ0) is 28.4. The van der Waals surface area contributed by atoms with E-state index in [9.17, 15) is 24.6 Å². The zero-order valence-electron chi connectivity index (χ0n) is 23.8. The van der Waals surface area contributed by atoms with Gasteiger partial charge in [0.2, 0.25) is 5.78 Å². The van der Waals surface area contributed by atoms with E-state index < -0.39 is 46.8 Å². The van der Waals surface area contributed by atoms with Crippen molar-refractivity contribution < 1.29 is 38.8 Å². The number of aliphatic hydroxyl groups excluding tert-OH is 1. The van der Waals surface area contributed by atoms with Crippen LogP contribution in [0.1, 0.15) is 81.1 Å². The number of ether oxygens (including phenoxy) is 3. The molecule has 210 valence electrons. The quantitative estimate of drug-likeness (QED) is 0.314. The Morgan fingerprint density at radius 1 is 1.26 bits per heavy atom. The molecule has 4 rings (SSSR count). The Kier molecular flexibility index (Phi) is 7.34. The number of aliphatic hydroxyl groups is 2. The molecule has 2 aliphatic carbocycles. The molecule has 4 aliphatic rings. The lowest BCUT2D eigenvalue weighted by Gasteiger charge is -2.62. The molecule has 2 unspecified atom stereocenters. The minimum atomic E-state index is -1.10. The molecular weight excluding hydrogens is 488 g/mol. The third kappa shape index (κ3) is 4.58. The number of fused-ring (bicyclic) bond motifs is 3. The van der Waals surface area contributed by atoms with Gasteiger partial charge < -0.3 is 24.4 Å². The number of ketones is 2. The van der Waals surface area contributed by atoms with Gasteiger partial charge in [0.25, 0.3) is 0 Å². The van der Waals surface area contributed by atoms with Crippen LogP contribution in [0.25, 0.3) is 0 Å². The van der Waals surface area contributed by atoms with Gasteiger partial charge in [0, 0.05) is 41.7 Å². The highest BCUT2D eigenvalue weighted by molar-refractivity contribution is 6.22. The third-order valence-electron chi connectivity index (χ3n) is 9.57. The molecule has 8 atom stereocenters. The lowest BCUT2D eigenvalue weighted by molar-refractivity contribution is -0.279. The van der Waals surface area contributed by atoms with Gasteiger partial charge >= 0.3 is 5.97 Å². The van der Waals surface area contributed by atoms with E-state index in [0.717, 1.165) is 5.57 Å². The molecule has 2 aliphatic heterocycles. The fraction of sp³-hybridized carbons (Fsp3) is 0.700. The molecule has 0 amide bonds. The molecule has 1 saturated heterocycles. The maximum Gasteiger partial charge on any atom is 0.303 e. The number of carbonyl (C=O) groups excluding carboxylic acids is 3. The summed E-state index contributed by atoms with van der Waals surface area (Å²) in [6, 6.07) is 0. The molecule has 0 aromatic carbocycles. The van der Waals surface area contributed by atoms with Crippen molar-refractivity contribution in [2.45, 2.75) is 117 Å². The first-order chi connectivity index (χ1) is 17.5. The van der Waals surface area contributed by atoms with Gasteiger partial charge in [-0.1, -0.05) is 19.9 Å². The molecule has 1 saturated carbocycles. The fourth-order valence-electron chi connectivity index (χ4n) is 7.02. The number of carbonyl (C=O) groups is 3. The van der Waals surface area contributed by atoms with E-state index in [-0.39, 0.29) is 47.8 Å². The maximum absolute atomic E-state index is 13.8. The van der Waals surface area contributed by atoms with Crippen LogP contribution in [0.5, 0.6) is 0 Å². The minimum absolute atomic E-state index is 0.0699. The van der Waals surface area contributed by atoms with Gasteiger partial charge in [0.15, 0.2) is 11.5 Å². The molecule has 8 nitrogen and oxygen atoms in total. The third-order valence-corrected chi connectivity index (χ3v) is 9.57. The molecule has 0 aromatic rings. The monoisotopic (exact) mass is 530 g/mol. The Hall–Kier alpha value is -2.29. The first-order valence-corrected chi connectivity index (χ1v) is 13.6. The van der Waals surface area contributed by atoms with Gasteiger partial charge in [0.05, 0.1) is 23.9 Å². The van der Waals surface area contributed by atoms with Crippen LogP contribution in [-0.2, 0) is 28.6 Å². The van der Waals surface area contributed by atoms with E-state index in [1.165, 1.54) is 13.0 Å². The van der Waals surface area contributed by atoms with Crippen LogP contribution in [0, 0.1) is 17.3 Å². The summed E-state index contributed by atoms with van der Waals surface area (Å²) in [5.74, 6) is -1.87. The molecule has 38 heavy (non-hydrogen) atoms. The Morgan fingerprint density at radius 3 is 2.50 bits per heavy atom. The largest absolute Gasteiger partial charge is 0.483 e. The van der Waals surface area contributed by atoms with Gasteiger partial charge in [-0.05, 0) is 65.5 Å². The summed E-state index contributed by atoms with van der Waals surface area (Å²) in [5.41, 5.74) is -1.24. The van der Waals surface area contributed by atoms with E-state index in [0.29, 0.717) is 18.4 Å². The summed E-state index contributed by atoms with van der Waals surface area (Å²) >= 11 is 0. The number of allylic oxidation sites excluding steroid dienone is 4. The van der Waals surface area contributed by atoms with Crippen LogP contribution in [-0.4, -0.2) is 63.4 Å². The van der Waals surface area contributed by atoms with Crippen molar-refractivity contribution >= 4 is 17.5 Å². The average Bonchev–Trinajstić information content (AvgIpc) is 2.83. The van der Waals surface area contributed by atoms with Crippen LogP contribution in [0.3, 0.4) is 0 Å². The second-order valence-corrected chi connectivity index (χ2v) is 12.5. The molecule has 2 fully saturated rings. The standard InChI is InChI=1S/C30H42O8/c1-9-15(2)26(36-17(4)31)16(3)18-12-20(32)19-13-21-29(7,38-27(19)25(18)34)11-10-23-30(21,8)22(33)14-24(37-23)28(5,6)35/h9,12,16,21-24,26,33,35H,10-11,13-14H2,1-8H3/t16?,21-,22-,23+,24+,26?,29+,30-/m0/s1. The first kappa shape index (κ1) is 28.7. The van der Waals surface area contributed by atoms with Gasteiger partial charge in [-0.2, -0.15) is 0 Å². The molecule has 2 N–H and O–H groups in total. The van der Waals surface area contributed by atoms with Crippen molar-refractivity contribution in [1.29, 1.82) is 0 Å². The number of rotatable bonds is 5. The lowest BCUT2D eigenvalue weighted by atomic mass is 9.52. The van der Waals surface area contributed by atoms with Crippen LogP contribution in [0.2, 0.25) is 0 Å². The van der Waals surface area contributed by atoms with E-state index in [4.69, 9.17) is 14.2 Å². The van der Waals surface area contributed by atoms with Gasteiger partial charge in [0.1, 0.15) is 11.7 Å². The topological polar surface area (TPSA) is 119 Å². The van der Waals surface area contributed by atoms with Crippen molar-refractivity contribution in [3.63, 3.8) is 0 Å². The summed E-state index contributed by atoms with van der Waals surface area (Å²) in [6.07, 6.45) is 2.63. The number of hydrogen-bond donors (Lipinski definition) is 2. The van der Waals surface area contributed by atoms with Crippen molar-refractivity contribution in [3.8, 4) is 0 Å². The Labute approximate surface area is 225 Å². The van der Waals surface area contributed by atoms with E-state index >= 15 is 0 Å². The first-order valence-electron chi connectivity index (χ1n) is 13.6. The second-order valence-electron chi connectivity index (χ2n) is 12.5. The molecular formula is C30H42O8. The number of hydrogen-bond acceptors (Lipinski definition) is 8.